The summed E-state index contributed by atoms with van der Waals surface area (Å²) in [7, 11) is 0. The number of hydrogen-bond acceptors (Lipinski definition) is 3. The summed E-state index contributed by atoms with van der Waals surface area (Å²) in [5, 5.41) is 5.58. The van der Waals surface area contributed by atoms with E-state index >= 15 is 0 Å². The molecule has 0 saturated heterocycles. The van der Waals surface area contributed by atoms with E-state index in [1.807, 2.05) is 17.4 Å². The third-order valence-electron chi connectivity index (χ3n) is 2.41. The number of rotatable bonds is 5. The largest absolute Gasteiger partial charge is 0.472 e. The number of aryl methyl sites for hydroxylation is 1. The Morgan fingerprint density at radius 1 is 1.33 bits per heavy atom. The quantitative estimate of drug-likeness (QED) is 0.838. The van der Waals surface area contributed by atoms with Gasteiger partial charge in [-0.3, -0.25) is 0 Å². The fourth-order valence-electron chi connectivity index (χ4n) is 1.55. The Kier molecular flexibility index (Phi) is 3.59. The molecule has 0 aliphatic heterocycles. The first kappa shape index (κ1) is 10.5. The highest BCUT2D eigenvalue weighted by Gasteiger charge is 2.01. The molecule has 2 heterocycles. The molecule has 0 fully saturated rings. The molecule has 2 aromatic rings. The van der Waals surface area contributed by atoms with E-state index in [0.29, 0.717) is 0 Å². The van der Waals surface area contributed by atoms with Crippen LogP contribution in [0.1, 0.15) is 22.9 Å². The number of nitrogens with one attached hydrogen (secondary N) is 1. The van der Waals surface area contributed by atoms with Crippen LogP contribution in [0.3, 0.4) is 0 Å². The molecule has 1 N–H and O–H groups in total. The van der Waals surface area contributed by atoms with Crippen LogP contribution in [-0.2, 0) is 19.5 Å². The third-order valence-corrected chi connectivity index (χ3v) is 3.38. The highest BCUT2D eigenvalue weighted by atomic mass is 32.1. The summed E-state index contributed by atoms with van der Waals surface area (Å²) in [6.07, 6.45) is 4.61. The summed E-state index contributed by atoms with van der Waals surface area (Å²) >= 11 is 1.83. The molecule has 0 radical (unpaired) electrons. The molecule has 80 valence electrons. The zero-order chi connectivity index (χ0) is 10.5. The van der Waals surface area contributed by atoms with Gasteiger partial charge in [-0.05, 0) is 29.5 Å². The van der Waals surface area contributed by atoms with Crippen LogP contribution in [0.2, 0.25) is 0 Å². The number of hydrogen-bond donors (Lipinski definition) is 1. The Balaban J connectivity index is 1.83. The van der Waals surface area contributed by atoms with Gasteiger partial charge in [-0.15, -0.1) is 11.3 Å². The predicted molar refractivity (Wildman–Crippen MR) is 62.9 cm³/mol. The Labute approximate surface area is 93.9 Å². The lowest BCUT2D eigenvalue weighted by Gasteiger charge is -2.03. The molecule has 0 aliphatic rings. The minimum Gasteiger partial charge on any atom is -0.472 e. The second kappa shape index (κ2) is 5.14. The van der Waals surface area contributed by atoms with Gasteiger partial charge in [-0.25, -0.2) is 0 Å². The Morgan fingerprint density at radius 2 is 2.27 bits per heavy atom. The lowest BCUT2D eigenvalue weighted by atomic mass is 10.2. The van der Waals surface area contributed by atoms with E-state index in [0.717, 1.165) is 19.5 Å². The van der Waals surface area contributed by atoms with Crippen LogP contribution in [0.25, 0.3) is 0 Å². The van der Waals surface area contributed by atoms with Gasteiger partial charge in [0.05, 0.1) is 12.5 Å². The molecule has 2 aromatic heterocycles. The molecule has 3 heteroatoms. The van der Waals surface area contributed by atoms with Crippen molar-refractivity contribution < 1.29 is 4.42 Å². The van der Waals surface area contributed by atoms with Crippen LogP contribution >= 0.6 is 11.3 Å². The van der Waals surface area contributed by atoms with Crippen LogP contribution in [-0.4, -0.2) is 0 Å². The molecule has 0 aromatic carbocycles. The molecule has 0 unspecified atom stereocenters. The van der Waals surface area contributed by atoms with E-state index in [9.17, 15) is 0 Å². The first-order chi connectivity index (χ1) is 7.40. The highest BCUT2D eigenvalue weighted by molar-refractivity contribution is 7.10. The van der Waals surface area contributed by atoms with E-state index in [1.165, 1.54) is 16.0 Å². The molecule has 0 atom stereocenters. The Bertz CT molecular complexity index is 391. The standard InChI is InChI=1S/C12H15NOS/c1-2-11-4-6-15-12(11)8-13-7-10-3-5-14-9-10/h3-6,9,13H,2,7-8H2,1H3. The van der Waals surface area contributed by atoms with E-state index in [-0.39, 0.29) is 0 Å². The maximum absolute atomic E-state index is 5.01. The summed E-state index contributed by atoms with van der Waals surface area (Å²) in [6.45, 7) is 4.02. The minimum absolute atomic E-state index is 0.873. The summed E-state index contributed by atoms with van der Waals surface area (Å²) in [5.74, 6) is 0. The summed E-state index contributed by atoms with van der Waals surface area (Å²) in [6, 6.07) is 4.20. The van der Waals surface area contributed by atoms with Gasteiger partial charge >= 0.3 is 0 Å². The van der Waals surface area contributed by atoms with E-state index in [1.54, 1.807) is 12.5 Å². The molecular formula is C12H15NOS. The van der Waals surface area contributed by atoms with Gasteiger partial charge in [-0.2, -0.15) is 0 Å². The van der Waals surface area contributed by atoms with Crippen molar-refractivity contribution in [2.75, 3.05) is 0 Å². The maximum Gasteiger partial charge on any atom is 0.0947 e. The van der Waals surface area contributed by atoms with Crippen LogP contribution in [0.4, 0.5) is 0 Å². The molecule has 0 saturated carbocycles. The lowest BCUT2D eigenvalue weighted by molar-refractivity contribution is 0.560. The van der Waals surface area contributed by atoms with E-state index < -0.39 is 0 Å². The van der Waals surface area contributed by atoms with Crippen molar-refractivity contribution in [2.24, 2.45) is 0 Å². The van der Waals surface area contributed by atoms with Crippen LogP contribution in [0.15, 0.2) is 34.5 Å². The van der Waals surface area contributed by atoms with Gasteiger partial charge in [0, 0.05) is 23.5 Å². The zero-order valence-corrected chi connectivity index (χ0v) is 9.64. The van der Waals surface area contributed by atoms with Crippen LogP contribution < -0.4 is 5.32 Å². The van der Waals surface area contributed by atoms with Crippen molar-refractivity contribution in [1.82, 2.24) is 5.32 Å². The fourth-order valence-corrected chi connectivity index (χ4v) is 2.50. The maximum atomic E-state index is 5.01. The average Bonchev–Trinajstić information content (AvgIpc) is 2.88. The Hall–Kier alpha value is -1.06. The lowest BCUT2D eigenvalue weighted by Crippen LogP contribution is -2.12. The fraction of sp³-hybridized carbons (Fsp3) is 0.333. The zero-order valence-electron chi connectivity index (χ0n) is 8.82. The van der Waals surface area contributed by atoms with Crippen molar-refractivity contribution in [1.29, 1.82) is 0 Å². The van der Waals surface area contributed by atoms with E-state index in [2.05, 4.69) is 23.7 Å². The van der Waals surface area contributed by atoms with Gasteiger partial charge in [0.15, 0.2) is 0 Å². The van der Waals surface area contributed by atoms with Gasteiger partial charge in [0.2, 0.25) is 0 Å². The smallest absolute Gasteiger partial charge is 0.0947 e. The Morgan fingerprint density at radius 3 is 3.00 bits per heavy atom. The average molecular weight is 221 g/mol. The molecule has 0 amide bonds. The minimum atomic E-state index is 0.873. The monoisotopic (exact) mass is 221 g/mol. The van der Waals surface area contributed by atoms with Gasteiger partial charge in [-0.1, -0.05) is 6.92 Å². The van der Waals surface area contributed by atoms with Crippen molar-refractivity contribution in [2.45, 2.75) is 26.4 Å². The second-order valence-corrected chi connectivity index (χ2v) is 4.46. The normalized spacial score (nSPS) is 10.7. The molecular weight excluding hydrogens is 206 g/mol. The number of furan rings is 1. The van der Waals surface area contributed by atoms with Gasteiger partial charge < -0.3 is 9.73 Å². The first-order valence-corrected chi connectivity index (χ1v) is 6.05. The molecule has 2 rings (SSSR count). The molecule has 2 nitrogen and oxygen atoms in total. The van der Waals surface area contributed by atoms with Gasteiger partial charge in [0.1, 0.15) is 0 Å². The SMILES string of the molecule is CCc1ccsc1CNCc1ccoc1. The van der Waals surface area contributed by atoms with Crippen LogP contribution in [0, 0.1) is 0 Å². The van der Waals surface area contributed by atoms with Gasteiger partial charge in [0.25, 0.3) is 0 Å². The van der Waals surface area contributed by atoms with E-state index in [4.69, 9.17) is 4.42 Å². The number of thiophene rings is 1. The molecule has 0 aliphatic carbocycles. The highest BCUT2D eigenvalue weighted by Crippen LogP contribution is 2.17. The molecule has 15 heavy (non-hydrogen) atoms. The topological polar surface area (TPSA) is 25.2 Å². The molecule has 0 spiro atoms. The van der Waals surface area contributed by atoms with Crippen molar-refractivity contribution in [3.63, 3.8) is 0 Å². The van der Waals surface area contributed by atoms with Crippen molar-refractivity contribution in [3.05, 3.63) is 46.0 Å². The third kappa shape index (κ3) is 2.70. The second-order valence-electron chi connectivity index (χ2n) is 3.46. The summed E-state index contributed by atoms with van der Waals surface area (Å²) in [5.41, 5.74) is 2.66. The summed E-state index contributed by atoms with van der Waals surface area (Å²) < 4.78 is 5.01. The van der Waals surface area contributed by atoms with Crippen LogP contribution in [0.5, 0.6) is 0 Å². The first-order valence-electron chi connectivity index (χ1n) is 5.17. The van der Waals surface area contributed by atoms with Crippen molar-refractivity contribution >= 4 is 11.3 Å². The summed E-state index contributed by atoms with van der Waals surface area (Å²) in [4.78, 5) is 1.45. The predicted octanol–water partition coefficient (Wildman–Crippen LogP) is 3.19. The van der Waals surface area contributed by atoms with Crippen molar-refractivity contribution in [3.8, 4) is 0 Å². The molecule has 0 bridgehead atoms.